The molecule has 26 heavy (non-hydrogen) atoms. The van der Waals surface area contributed by atoms with Crippen molar-refractivity contribution in [3.8, 4) is 0 Å². The highest BCUT2D eigenvalue weighted by Gasteiger charge is 2.21. The van der Waals surface area contributed by atoms with Crippen molar-refractivity contribution in [3.05, 3.63) is 71.3 Å². The average Bonchev–Trinajstić information content (AvgIpc) is 2.72. The number of nitrogens with one attached hydrogen (secondary N) is 1. The van der Waals surface area contributed by atoms with E-state index in [9.17, 15) is 9.59 Å². The minimum Gasteiger partial charge on any atom is -0.348 e. The summed E-state index contributed by atoms with van der Waals surface area (Å²) in [7, 11) is 0. The Morgan fingerprint density at radius 3 is 2.12 bits per heavy atom. The molecule has 2 aromatic rings. The number of likely N-dealkylation sites (N-methyl/N-ethyl adjacent to an activating group) is 1. The van der Waals surface area contributed by atoms with Gasteiger partial charge in [-0.05, 0) is 36.4 Å². The maximum Gasteiger partial charge on any atom is 0.253 e. The summed E-state index contributed by atoms with van der Waals surface area (Å²) in [6.45, 7) is 7.00. The summed E-state index contributed by atoms with van der Waals surface area (Å²) >= 11 is 0. The van der Waals surface area contributed by atoms with Crippen molar-refractivity contribution in [3.63, 3.8) is 0 Å². The van der Waals surface area contributed by atoms with Crippen LogP contribution in [0, 0.1) is 0 Å². The molecule has 3 rings (SSSR count). The van der Waals surface area contributed by atoms with E-state index in [1.54, 1.807) is 24.3 Å². The molecule has 0 aromatic heterocycles. The van der Waals surface area contributed by atoms with Crippen LogP contribution in [-0.2, 0) is 6.54 Å². The fourth-order valence-corrected chi connectivity index (χ4v) is 3.09. The minimum absolute atomic E-state index is 0.0389. The van der Waals surface area contributed by atoms with Crippen LogP contribution in [0.5, 0.6) is 0 Å². The first-order valence-electron chi connectivity index (χ1n) is 9.11. The van der Waals surface area contributed by atoms with Crippen LogP contribution in [-0.4, -0.2) is 54.3 Å². The van der Waals surface area contributed by atoms with Crippen LogP contribution >= 0.6 is 0 Å². The summed E-state index contributed by atoms with van der Waals surface area (Å²) < 4.78 is 0. The lowest BCUT2D eigenvalue weighted by atomic mass is 10.1. The van der Waals surface area contributed by atoms with Crippen LogP contribution in [0.4, 0.5) is 0 Å². The molecule has 0 radical (unpaired) electrons. The molecule has 0 saturated carbocycles. The van der Waals surface area contributed by atoms with Gasteiger partial charge in [0.2, 0.25) is 0 Å². The molecule has 0 aliphatic carbocycles. The van der Waals surface area contributed by atoms with Gasteiger partial charge in [-0.3, -0.25) is 9.59 Å². The number of carbonyl (C=O) groups excluding carboxylic acids is 2. The monoisotopic (exact) mass is 351 g/mol. The minimum atomic E-state index is -0.135. The van der Waals surface area contributed by atoms with Crippen molar-refractivity contribution in [1.29, 1.82) is 0 Å². The molecule has 1 aliphatic heterocycles. The number of amides is 2. The molecule has 5 nitrogen and oxygen atoms in total. The molecule has 1 heterocycles. The zero-order chi connectivity index (χ0) is 18.4. The second kappa shape index (κ2) is 8.63. The Morgan fingerprint density at radius 2 is 1.50 bits per heavy atom. The van der Waals surface area contributed by atoms with Crippen LogP contribution in [0.3, 0.4) is 0 Å². The standard InChI is InChI=1S/C21H25N3O2/c1-2-23-12-14-24(15-13-23)21(26)19-10-8-18(9-11-19)20(25)22-16-17-6-4-3-5-7-17/h3-11H,2,12-16H2,1H3,(H,22,25). The number of carbonyl (C=O) groups is 2. The van der Waals surface area contributed by atoms with Gasteiger partial charge in [-0.25, -0.2) is 0 Å². The third-order valence-electron chi connectivity index (χ3n) is 4.80. The molecule has 0 atom stereocenters. The van der Waals surface area contributed by atoms with Gasteiger partial charge in [0.25, 0.3) is 11.8 Å². The van der Waals surface area contributed by atoms with Gasteiger partial charge in [-0.15, -0.1) is 0 Å². The Hall–Kier alpha value is -2.66. The highest BCUT2D eigenvalue weighted by Crippen LogP contribution is 2.11. The van der Waals surface area contributed by atoms with E-state index in [0.717, 1.165) is 38.3 Å². The quantitative estimate of drug-likeness (QED) is 0.900. The number of hydrogen-bond donors (Lipinski definition) is 1. The van der Waals surface area contributed by atoms with Crippen LogP contribution in [0.2, 0.25) is 0 Å². The highest BCUT2D eigenvalue weighted by molar-refractivity contribution is 5.97. The van der Waals surface area contributed by atoms with E-state index in [4.69, 9.17) is 0 Å². The normalized spacial score (nSPS) is 14.9. The molecular formula is C21H25N3O2. The zero-order valence-corrected chi connectivity index (χ0v) is 15.1. The summed E-state index contributed by atoms with van der Waals surface area (Å²) in [5.74, 6) is -0.0959. The molecule has 136 valence electrons. The van der Waals surface area contributed by atoms with Crippen LogP contribution < -0.4 is 5.32 Å². The summed E-state index contributed by atoms with van der Waals surface area (Å²) in [5.41, 5.74) is 2.25. The van der Waals surface area contributed by atoms with Gasteiger partial charge in [0.15, 0.2) is 0 Å². The van der Waals surface area contributed by atoms with Crippen molar-refractivity contribution < 1.29 is 9.59 Å². The third kappa shape index (κ3) is 4.49. The Labute approximate surface area is 154 Å². The summed E-state index contributed by atoms with van der Waals surface area (Å²) in [6.07, 6.45) is 0. The predicted molar refractivity (Wildman–Crippen MR) is 102 cm³/mol. The average molecular weight is 351 g/mol. The molecule has 5 heteroatoms. The molecule has 0 spiro atoms. The van der Waals surface area contributed by atoms with Crippen LogP contribution in [0.1, 0.15) is 33.2 Å². The van der Waals surface area contributed by atoms with Crippen LogP contribution in [0.25, 0.3) is 0 Å². The van der Waals surface area contributed by atoms with E-state index in [-0.39, 0.29) is 11.8 Å². The third-order valence-corrected chi connectivity index (χ3v) is 4.80. The molecule has 1 saturated heterocycles. The van der Waals surface area contributed by atoms with Gasteiger partial charge in [0.05, 0.1) is 0 Å². The van der Waals surface area contributed by atoms with E-state index in [0.29, 0.717) is 17.7 Å². The van der Waals surface area contributed by atoms with Gasteiger partial charge >= 0.3 is 0 Å². The topological polar surface area (TPSA) is 52.7 Å². The van der Waals surface area contributed by atoms with Gasteiger partial charge in [-0.2, -0.15) is 0 Å². The molecular weight excluding hydrogens is 326 g/mol. The van der Waals surface area contributed by atoms with Gasteiger partial charge < -0.3 is 15.1 Å². The number of benzene rings is 2. The lowest BCUT2D eigenvalue weighted by molar-refractivity contribution is 0.0643. The Balaban J connectivity index is 1.56. The number of piperazine rings is 1. The predicted octanol–water partition coefficient (Wildman–Crippen LogP) is 2.39. The molecule has 1 aliphatic rings. The van der Waals surface area contributed by atoms with E-state index < -0.39 is 0 Å². The lowest BCUT2D eigenvalue weighted by Gasteiger charge is -2.34. The van der Waals surface area contributed by atoms with Crippen molar-refractivity contribution >= 4 is 11.8 Å². The van der Waals surface area contributed by atoms with E-state index in [1.165, 1.54) is 0 Å². The smallest absolute Gasteiger partial charge is 0.253 e. The Morgan fingerprint density at radius 1 is 0.885 bits per heavy atom. The van der Waals surface area contributed by atoms with Gasteiger partial charge in [0.1, 0.15) is 0 Å². The molecule has 1 N–H and O–H groups in total. The Bertz CT molecular complexity index is 736. The number of nitrogens with zero attached hydrogens (tertiary/aromatic N) is 2. The molecule has 1 fully saturated rings. The molecule has 2 aromatic carbocycles. The van der Waals surface area contributed by atoms with E-state index >= 15 is 0 Å². The van der Waals surface area contributed by atoms with E-state index in [2.05, 4.69) is 17.1 Å². The molecule has 0 bridgehead atoms. The largest absolute Gasteiger partial charge is 0.348 e. The maximum absolute atomic E-state index is 12.6. The number of hydrogen-bond acceptors (Lipinski definition) is 3. The summed E-state index contributed by atoms with van der Waals surface area (Å²) in [5, 5.41) is 2.90. The SMILES string of the molecule is CCN1CCN(C(=O)c2ccc(C(=O)NCc3ccccc3)cc2)CC1. The second-order valence-corrected chi connectivity index (χ2v) is 6.47. The first-order valence-corrected chi connectivity index (χ1v) is 9.11. The van der Waals surface area contributed by atoms with Crippen LogP contribution in [0.15, 0.2) is 54.6 Å². The van der Waals surface area contributed by atoms with E-state index in [1.807, 2.05) is 35.2 Å². The fourth-order valence-electron chi connectivity index (χ4n) is 3.09. The first-order chi connectivity index (χ1) is 12.7. The van der Waals surface area contributed by atoms with Crippen molar-refractivity contribution in [2.45, 2.75) is 13.5 Å². The second-order valence-electron chi connectivity index (χ2n) is 6.47. The first kappa shape index (κ1) is 18.1. The number of rotatable bonds is 5. The summed E-state index contributed by atoms with van der Waals surface area (Å²) in [6, 6.07) is 16.7. The van der Waals surface area contributed by atoms with Crippen molar-refractivity contribution in [1.82, 2.24) is 15.1 Å². The Kier molecular flexibility index (Phi) is 6.02. The molecule has 2 amide bonds. The fraction of sp³-hybridized carbons (Fsp3) is 0.333. The zero-order valence-electron chi connectivity index (χ0n) is 15.1. The van der Waals surface area contributed by atoms with Crippen molar-refractivity contribution in [2.24, 2.45) is 0 Å². The molecule has 0 unspecified atom stereocenters. The van der Waals surface area contributed by atoms with Gasteiger partial charge in [0, 0.05) is 43.9 Å². The van der Waals surface area contributed by atoms with Crippen molar-refractivity contribution in [2.75, 3.05) is 32.7 Å². The lowest BCUT2D eigenvalue weighted by Crippen LogP contribution is -2.48. The summed E-state index contributed by atoms with van der Waals surface area (Å²) in [4.78, 5) is 29.1. The maximum atomic E-state index is 12.6. The van der Waals surface area contributed by atoms with Gasteiger partial charge in [-0.1, -0.05) is 37.3 Å². The highest BCUT2D eigenvalue weighted by atomic mass is 16.2.